The molecule has 5 rings (SSSR count). The van der Waals surface area contributed by atoms with Gasteiger partial charge in [0, 0.05) is 17.4 Å². The highest BCUT2D eigenvalue weighted by atomic mass is 16.5. The van der Waals surface area contributed by atoms with Crippen LogP contribution in [0, 0.1) is 5.92 Å². The minimum absolute atomic E-state index is 0.0544. The molecular weight excluding hydrogens is 494 g/mol. The molecule has 200 valence electrons. The lowest BCUT2D eigenvalue weighted by molar-refractivity contribution is -0.140. The first-order valence-electron chi connectivity index (χ1n) is 13.1. The highest BCUT2D eigenvalue weighted by molar-refractivity contribution is 6.00. The third-order valence-corrected chi connectivity index (χ3v) is 7.23. The second-order valence-electron chi connectivity index (χ2n) is 10.1. The van der Waals surface area contributed by atoms with Gasteiger partial charge >= 0.3 is 5.97 Å². The summed E-state index contributed by atoms with van der Waals surface area (Å²) < 4.78 is 18.3. The van der Waals surface area contributed by atoms with Crippen LogP contribution in [0.3, 0.4) is 0 Å². The van der Waals surface area contributed by atoms with E-state index in [1.54, 1.807) is 18.2 Å². The Hall–Kier alpha value is -4.39. The number of hydrogen-bond acceptors (Lipinski definition) is 6. The van der Waals surface area contributed by atoms with Gasteiger partial charge in [-0.1, -0.05) is 43.3 Å². The lowest BCUT2D eigenvalue weighted by Gasteiger charge is -2.40. The smallest absolute Gasteiger partial charge is 0.303 e. The van der Waals surface area contributed by atoms with Crippen molar-refractivity contribution in [1.29, 1.82) is 0 Å². The quantitative estimate of drug-likeness (QED) is 0.249. The molecule has 1 aromatic heterocycles. The summed E-state index contributed by atoms with van der Waals surface area (Å²) in [5.41, 5.74) is 2.30. The minimum atomic E-state index is -0.901. The number of Topliss-reactive ketones (excluding diaryl/α,β-unsaturated/α-hetero) is 1. The number of ketones is 1. The molecule has 39 heavy (non-hydrogen) atoms. The fourth-order valence-electron chi connectivity index (χ4n) is 5.08. The fourth-order valence-corrected chi connectivity index (χ4v) is 5.08. The van der Waals surface area contributed by atoms with Crippen molar-refractivity contribution in [2.75, 3.05) is 0 Å². The van der Waals surface area contributed by atoms with Crippen molar-refractivity contribution in [3.63, 3.8) is 0 Å². The highest BCUT2D eigenvalue weighted by Gasteiger charge is 2.43. The predicted octanol–water partition coefficient (Wildman–Crippen LogP) is 6.62. The van der Waals surface area contributed by atoms with Crippen LogP contribution in [-0.4, -0.2) is 27.4 Å². The van der Waals surface area contributed by atoms with Gasteiger partial charge in [0.15, 0.2) is 5.78 Å². The zero-order valence-electron chi connectivity index (χ0n) is 22.1. The first-order chi connectivity index (χ1) is 18.8. The van der Waals surface area contributed by atoms with Gasteiger partial charge in [-0.2, -0.15) is 0 Å². The fraction of sp³-hybridized carbons (Fsp3) is 0.281. The molecule has 1 N–H and O–H groups in total. The van der Waals surface area contributed by atoms with Crippen LogP contribution in [0.25, 0.3) is 10.9 Å². The molecule has 0 saturated carbocycles. The van der Waals surface area contributed by atoms with E-state index in [0.29, 0.717) is 42.4 Å². The number of nitrogens with zero attached hydrogens (tertiary/aromatic N) is 1. The van der Waals surface area contributed by atoms with Gasteiger partial charge in [-0.15, -0.1) is 0 Å². The molecule has 0 aliphatic carbocycles. The van der Waals surface area contributed by atoms with E-state index < -0.39 is 11.6 Å². The van der Waals surface area contributed by atoms with Crippen LogP contribution in [0.15, 0.2) is 78.9 Å². The molecule has 2 unspecified atom stereocenters. The van der Waals surface area contributed by atoms with E-state index in [0.717, 1.165) is 22.2 Å². The first kappa shape index (κ1) is 26.2. The maximum atomic E-state index is 12.9. The van der Waals surface area contributed by atoms with Crippen LogP contribution in [0.2, 0.25) is 0 Å². The number of fused-ring (bicyclic) bond motifs is 2. The van der Waals surface area contributed by atoms with Crippen LogP contribution >= 0.6 is 0 Å². The number of pyridine rings is 1. The average molecular weight is 526 g/mol. The molecule has 0 fully saturated rings. The Kier molecular flexibility index (Phi) is 7.50. The summed E-state index contributed by atoms with van der Waals surface area (Å²) in [6.07, 6.45) is 0.686. The number of carboxylic acid groups (broad SMARTS) is 1. The van der Waals surface area contributed by atoms with Gasteiger partial charge < -0.3 is 19.3 Å². The molecule has 3 aromatic carbocycles. The summed E-state index contributed by atoms with van der Waals surface area (Å²) in [5.74, 6) is 0.454. The Balaban J connectivity index is 1.24. The molecule has 2 atom stereocenters. The van der Waals surface area contributed by atoms with Crippen LogP contribution < -0.4 is 14.2 Å². The van der Waals surface area contributed by atoms with E-state index in [2.05, 4.69) is 4.98 Å². The third-order valence-electron chi connectivity index (χ3n) is 7.23. The molecule has 0 saturated heterocycles. The van der Waals surface area contributed by atoms with Gasteiger partial charge in [0.25, 0.3) is 0 Å². The zero-order chi connectivity index (χ0) is 27.4. The number of hydrogen-bond donors (Lipinski definition) is 1. The highest BCUT2D eigenvalue weighted by Crippen LogP contribution is 2.41. The number of aliphatic carboxylic acids is 1. The number of rotatable bonds is 10. The van der Waals surface area contributed by atoms with Gasteiger partial charge in [-0.05, 0) is 55.3 Å². The minimum Gasteiger partial charge on any atom is -0.489 e. The van der Waals surface area contributed by atoms with Crippen molar-refractivity contribution in [3.8, 4) is 17.2 Å². The Labute approximate surface area is 227 Å². The Morgan fingerprint density at radius 2 is 1.79 bits per heavy atom. The normalized spacial score (nSPS) is 17.2. The summed E-state index contributed by atoms with van der Waals surface area (Å²) in [5, 5.41) is 10.4. The number of carboxylic acids is 1. The van der Waals surface area contributed by atoms with Gasteiger partial charge in [-0.3, -0.25) is 9.59 Å². The SMILES string of the molecule is CCC(CC(=O)O)C1(C)CC(=O)c2ccc(OCc3cccc(OCc4ccc5ccccc5n4)c3)cc2O1. The molecule has 0 bridgehead atoms. The summed E-state index contributed by atoms with van der Waals surface area (Å²) >= 11 is 0. The van der Waals surface area contributed by atoms with Crippen molar-refractivity contribution < 1.29 is 28.9 Å². The van der Waals surface area contributed by atoms with Gasteiger partial charge in [0.2, 0.25) is 0 Å². The number of ether oxygens (including phenoxy) is 3. The number of para-hydroxylation sites is 1. The van der Waals surface area contributed by atoms with Crippen molar-refractivity contribution in [3.05, 3.63) is 95.7 Å². The number of benzene rings is 3. The summed E-state index contributed by atoms with van der Waals surface area (Å²) in [7, 11) is 0. The third kappa shape index (κ3) is 6.03. The molecular formula is C32H31NO6. The monoisotopic (exact) mass is 525 g/mol. The van der Waals surface area contributed by atoms with Gasteiger partial charge in [-0.25, -0.2) is 4.98 Å². The van der Waals surface area contributed by atoms with Crippen molar-refractivity contribution in [2.24, 2.45) is 5.92 Å². The molecule has 1 aliphatic rings. The van der Waals surface area contributed by atoms with Crippen LogP contribution in [0.5, 0.6) is 17.2 Å². The molecule has 0 spiro atoms. The second kappa shape index (κ2) is 11.2. The number of carbonyl (C=O) groups is 2. The number of aromatic nitrogens is 1. The summed E-state index contributed by atoms with van der Waals surface area (Å²) in [6, 6.07) is 24.8. The molecule has 7 nitrogen and oxygen atoms in total. The van der Waals surface area contributed by atoms with Gasteiger partial charge in [0.1, 0.15) is 36.1 Å². The molecule has 4 aromatic rings. The maximum Gasteiger partial charge on any atom is 0.303 e. The van der Waals surface area contributed by atoms with E-state index in [4.69, 9.17) is 14.2 Å². The Bertz CT molecular complexity index is 1520. The molecule has 7 heteroatoms. The molecule has 1 aliphatic heterocycles. The van der Waals surface area contributed by atoms with Crippen LogP contribution in [-0.2, 0) is 18.0 Å². The van der Waals surface area contributed by atoms with Gasteiger partial charge in [0.05, 0.1) is 29.6 Å². The summed E-state index contributed by atoms with van der Waals surface area (Å²) in [4.78, 5) is 28.9. The van der Waals surface area contributed by atoms with Crippen molar-refractivity contribution >= 4 is 22.7 Å². The largest absolute Gasteiger partial charge is 0.489 e. The maximum absolute atomic E-state index is 12.9. The van der Waals surface area contributed by atoms with Crippen molar-refractivity contribution in [2.45, 2.75) is 51.9 Å². The Morgan fingerprint density at radius 1 is 1.00 bits per heavy atom. The molecule has 0 radical (unpaired) electrons. The second-order valence-corrected chi connectivity index (χ2v) is 10.1. The standard InChI is InChI=1S/C32H31NO6/c1-3-23(16-31(35)36)32(2)18-29(34)27-14-13-26(17-30(27)39-32)37-19-21-7-6-9-25(15-21)38-20-24-12-11-22-8-4-5-10-28(22)33-24/h4-15,17,23H,3,16,18-20H2,1-2H3,(H,35,36). The average Bonchev–Trinajstić information content (AvgIpc) is 2.93. The van der Waals surface area contributed by atoms with E-state index >= 15 is 0 Å². The topological polar surface area (TPSA) is 95.0 Å². The van der Waals surface area contributed by atoms with E-state index in [1.807, 2.05) is 74.5 Å². The lowest BCUT2D eigenvalue weighted by atomic mass is 9.78. The van der Waals surface area contributed by atoms with E-state index in [9.17, 15) is 14.7 Å². The predicted molar refractivity (Wildman–Crippen MR) is 147 cm³/mol. The lowest BCUT2D eigenvalue weighted by Crippen LogP contribution is -2.46. The zero-order valence-corrected chi connectivity index (χ0v) is 22.1. The Morgan fingerprint density at radius 3 is 2.62 bits per heavy atom. The van der Waals surface area contributed by atoms with Crippen LogP contribution in [0.4, 0.5) is 0 Å². The molecule has 2 heterocycles. The number of carbonyl (C=O) groups excluding carboxylic acids is 1. The van der Waals surface area contributed by atoms with Crippen molar-refractivity contribution in [1.82, 2.24) is 4.98 Å². The molecule has 0 amide bonds. The summed E-state index contributed by atoms with van der Waals surface area (Å²) in [6.45, 7) is 4.38. The van der Waals surface area contributed by atoms with Crippen LogP contribution in [0.1, 0.15) is 54.7 Å². The first-order valence-corrected chi connectivity index (χ1v) is 13.1. The van der Waals surface area contributed by atoms with E-state index in [-0.39, 0.29) is 24.5 Å². The van der Waals surface area contributed by atoms with E-state index in [1.165, 1.54) is 0 Å².